The Morgan fingerprint density at radius 1 is 1.43 bits per heavy atom. The number of carbonyl (C=O) groups excluding carboxylic acids is 1. The Hall–Kier alpha value is -1.56. The van der Waals surface area contributed by atoms with Crippen LogP contribution < -0.4 is 10.6 Å². The zero-order valence-electron chi connectivity index (χ0n) is 15.0. The fourth-order valence-electron chi connectivity index (χ4n) is 2.83. The smallest absolute Gasteiger partial charge is 0.408 e. The summed E-state index contributed by atoms with van der Waals surface area (Å²) in [5.41, 5.74) is 0.517. The molecule has 0 unspecified atom stereocenters. The Labute approximate surface area is 139 Å². The highest BCUT2D eigenvalue weighted by atomic mass is 16.6. The Balaban J connectivity index is 1.85. The number of amides is 1. The summed E-state index contributed by atoms with van der Waals surface area (Å²) >= 11 is 0. The number of carbonyl (C=O) groups is 1. The number of rotatable bonds is 6. The molecule has 0 spiro atoms. The summed E-state index contributed by atoms with van der Waals surface area (Å²) in [6.07, 6.45) is 6.54. The van der Waals surface area contributed by atoms with Gasteiger partial charge < -0.3 is 19.9 Å². The summed E-state index contributed by atoms with van der Waals surface area (Å²) in [5.74, 6) is 0. The molecule has 23 heavy (non-hydrogen) atoms. The number of hydrogen-bond donors (Lipinski definition) is 2. The van der Waals surface area contributed by atoms with Crippen molar-refractivity contribution in [2.24, 2.45) is 0 Å². The van der Waals surface area contributed by atoms with Crippen LogP contribution in [0.5, 0.6) is 0 Å². The first-order valence-corrected chi connectivity index (χ1v) is 8.43. The molecule has 1 amide bonds. The SMILES string of the molecule is CC(C)n1cncc1CNCC1(NC(=O)OC(C)(C)C)CCC1. The van der Waals surface area contributed by atoms with Gasteiger partial charge in [-0.05, 0) is 53.9 Å². The van der Waals surface area contributed by atoms with E-state index in [2.05, 4.69) is 34.0 Å². The molecular weight excluding hydrogens is 292 g/mol. The summed E-state index contributed by atoms with van der Waals surface area (Å²) in [6.45, 7) is 11.4. The zero-order valence-corrected chi connectivity index (χ0v) is 15.0. The van der Waals surface area contributed by atoms with Crippen LogP contribution in [0.4, 0.5) is 4.79 Å². The summed E-state index contributed by atoms with van der Waals surface area (Å²) < 4.78 is 7.53. The number of alkyl carbamates (subject to hydrolysis) is 1. The molecule has 1 aromatic rings. The van der Waals surface area contributed by atoms with Gasteiger partial charge in [0.1, 0.15) is 5.60 Å². The molecule has 0 aliphatic heterocycles. The Bertz CT molecular complexity index is 527. The van der Waals surface area contributed by atoms with Crippen LogP contribution in [0.25, 0.3) is 0 Å². The molecule has 6 nitrogen and oxygen atoms in total. The Morgan fingerprint density at radius 3 is 2.65 bits per heavy atom. The fraction of sp³-hybridized carbons (Fsp3) is 0.765. The number of ether oxygens (including phenoxy) is 1. The minimum atomic E-state index is -0.466. The third-order valence-electron chi connectivity index (χ3n) is 4.15. The van der Waals surface area contributed by atoms with Crippen LogP contribution in [-0.4, -0.2) is 33.3 Å². The minimum Gasteiger partial charge on any atom is -0.444 e. The van der Waals surface area contributed by atoms with Crippen molar-refractivity contribution in [2.45, 2.75) is 77.6 Å². The van der Waals surface area contributed by atoms with E-state index < -0.39 is 5.60 Å². The second kappa shape index (κ2) is 6.91. The number of nitrogens with one attached hydrogen (secondary N) is 2. The van der Waals surface area contributed by atoms with Crippen molar-refractivity contribution in [3.8, 4) is 0 Å². The van der Waals surface area contributed by atoms with Crippen LogP contribution in [0.3, 0.4) is 0 Å². The first-order valence-electron chi connectivity index (χ1n) is 8.43. The number of aromatic nitrogens is 2. The van der Waals surface area contributed by atoms with E-state index in [4.69, 9.17) is 4.74 Å². The first kappa shape index (κ1) is 17.8. The number of nitrogens with zero attached hydrogens (tertiary/aromatic N) is 2. The van der Waals surface area contributed by atoms with Gasteiger partial charge in [-0.3, -0.25) is 0 Å². The average molecular weight is 322 g/mol. The fourth-order valence-corrected chi connectivity index (χ4v) is 2.83. The maximum absolute atomic E-state index is 12.0. The zero-order chi connectivity index (χ0) is 17.1. The lowest BCUT2D eigenvalue weighted by Gasteiger charge is -2.42. The molecule has 2 N–H and O–H groups in total. The molecule has 1 aliphatic rings. The van der Waals surface area contributed by atoms with Crippen LogP contribution >= 0.6 is 0 Å². The molecule has 1 fully saturated rings. The average Bonchev–Trinajstić information content (AvgIpc) is 2.81. The van der Waals surface area contributed by atoms with Crippen LogP contribution in [0.15, 0.2) is 12.5 Å². The summed E-state index contributed by atoms with van der Waals surface area (Å²) in [7, 11) is 0. The van der Waals surface area contributed by atoms with E-state index >= 15 is 0 Å². The van der Waals surface area contributed by atoms with E-state index in [1.54, 1.807) is 0 Å². The van der Waals surface area contributed by atoms with E-state index in [9.17, 15) is 4.79 Å². The predicted octanol–water partition coefficient (Wildman–Crippen LogP) is 3.00. The summed E-state index contributed by atoms with van der Waals surface area (Å²) in [6, 6.07) is 0.395. The highest BCUT2D eigenvalue weighted by Crippen LogP contribution is 2.31. The molecule has 2 rings (SSSR count). The van der Waals surface area contributed by atoms with Gasteiger partial charge in [-0.2, -0.15) is 0 Å². The van der Waals surface area contributed by atoms with Crippen LogP contribution in [0, 0.1) is 0 Å². The van der Waals surface area contributed by atoms with E-state index in [1.165, 1.54) is 0 Å². The third kappa shape index (κ3) is 4.96. The topological polar surface area (TPSA) is 68.2 Å². The molecule has 130 valence electrons. The van der Waals surface area contributed by atoms with E-state index in [-0.39, 0.29) is 11.6 Å². The van der Waals surface area contributed by atoms with Crippen molar-refractivity contribution in [2.75, 3.05) is 6.54 Å². The molecule has 0 saturated heterocycles. The molecule has 0 atom stereocenters. The van der Waals surface area contributed by atoms with Gasteiger partial charge in [-0.1, -0.05) is 0 Å². The normalized spacial score (nSPS) is 17.0. The molecule has 1 aliphatic carbocycles. The standard InChI is InChI=1S/C17H30N4O2/c1-13(2)21-12-19-10-14(21)9-18-11-17(7-6-8-17)20-15(22)23-16(3,4)5/h10,12-13,18H,6-9,11H2,1-5H3,(H,20,22). The first-order chi connectivity index (χ1) is 10.7. The number of imidazole rings is 1. The molecule has 1 aromatic heterocycles. The summed E-state index contributed by atoms with van der Waals surface area (Å²) in [5, 5.41) is 6.52. The Kier molecular flexibility index (Phi) is 5.34. The van der Waals surface area contributed by atoms with E-state index in [0.29, 0.717) is 6.04 Å². The highest BCUT2D eigenvalue weighted by Gasteiger charge is 2.39. The molecule has 1 saturated carbocycles. The van der Waals surface area contributed by atoms with Gasteiger partial charge in [0.25, 0.3) is 0 Å². The third-order valence-corrected chi connectivity index (χ3v) is 4.15. The van der Waals surface area contributed by atoms with Gasteiger partial charge >= 0.3 is 6.09 Å². The van der Waals surface area contributed by atoms with Gasteiger partial charge in [0, 0.05) is 25.3 Å². The van der Waals surface area contributed by atoms with Crippen molar-refractivity contribution in [1.29, 1.82) is 0 Å². The lowest BCUT2D eigenvalue weighted by atomic mass is 9.76. The van der Waals surface area contributed by atoms with Gasteiger partial charge in [0.05, 0.1) is 17.6 Å². The van der Waals surface area contributed by atoms with Gasteiger partial charge in [0.15, 0.2) is 0 Å². The maximum Gasteiger partial charge on any atom is 0.408 e. The minimum absolute atomic E-state index is 0.176. The van der Waals surface area contributed by atoms with Crippen LogP contribution in [0.2, 0.25) is 0 Å². The van der Waals surface area contributed by atoms with Crippen molar-refractivity contribution in [3.05, 3.63) is 18.2 Å². The van der Waals surface area contributed by atoms with Crippen LogP contribution in [0.1, 0.15) is 65.6 Å². The van der Waals surface area contributed by atoms with Gasteiger partial charge in [-0.15, -0.1) is 0 Å². The highest BCUT2D eigenvalue weighted by molar-refractivity contribution is 5.69. The Morgan fingerprint density at radius 2 is 2.13 bits per heavy atom. The molecular formula is C17H30N4O2. The predicted molar refractivity (Wildman–Crippen MR) is 90.3 cm³/mol. The van der Waals surface area contributed by atoms with Crippen molar-refractivity contribution in [1.82, 2.24) is 20.2 Å². The second-order valence-electron chi connectivity index (χ2n) is 7.75. The molecule has 0 aromatic carbocycles. The van der Waals surface area contributed by atoms with Crippen molar-refractivity contribution in [3.63, 3.8) is 0 Å². The lowest BCUT2D eigenvalue weighted by molar-refractivity contribution is 0.0382. The molecule has 1 heterocycles. The number of hydrogen-bond acceptors (Lipinski definition) is 4. The van der Waals surface area contributed by atoms with E-state index in [1.807, 2.05) is 33.3 Å². The summed E-state index contributed by atoms with van der Waals surface area (Å²) in [4.78, 5) is 16.2. The molecule has 0 bridgehead atoms. The quantitative estimate of drug-likeness (QED) is 0.845. The second-order valence-corrected chi connectivity index (χ2v) is 7.75. The van der Waals surface area contributed by atoms with Gasteiger partial charge in [0.2, 0.25) is 0 Å². The lowest BCUT2D eigenvalue weighted by Crippen LogP contribution is -2.59. The van der Waals surface area contributed by atoms with Crippen molar-refractivity contribution >= 4 is 6.09 Å². The largest absolute Gasteiger partial charge is 0.444 e. The van der Waals surface area contributed by atoms with Gasteiger partial charge in [-0.25, -0.2) is 9.78 Å². The molecule has 0 radical (unpaired) electrons. The maximum atomic E-state index is 12.0. The van der Waals surface area contributed by atoms with E-state index in [0.717, 1.165) is 38.0 Å². The van der Waals surface area contributed by atoms with Crippen molar-refractivity contribution < 1.29 is 9.53 Å². The monoisotopic (exact) mass is 322 g/mol. The molecule has 6 heteroatoms. The van der Waals surface area contributed by atoms with Crippen LogP contribution in [-0.2, 0) is 11.3 Å².